The summed E-state index contributed by atoms with van der Waals surface area (Å²) in [5, 5.41) is 6.99. The van der Waals surface area contributed by atoms with Crippen molar-refractivity contribution in [1.29, 1.82) is 0 Å². The molecular weight excluding hydrogens is 257 g/mol. The number of H-pyrrole nitrogens is 1. The molecule has 0 radical (unpaired) electrons. The Morgan fingerprint density at radius 2 is 2.35 bits per heavy atom. The number of carbonyl (C=O) groups is 1. The first-order valence-corrected chi connectivity index (χ1v) is 7.00. The molecule has 5 heteroatoms. The summed E-state index contributed by atoms with van der Waals surface area (Å²) in [6, 6.07) is 4.66. The van der Waals surface area contributed by atoms with Gasteiger partial charge in [0.05, 0.1) is 6.04 Å². The van der Waals surface area contributed by atoms with Crippen molar-refractivity contribution in [2.45, 2.75) is 25.3 Å². The van der Waals surface area contributed by atoms with Gasteiger partial charge < -0.3 is 15.6 Å². The molecule has 1 aromatic heterocycles. The van der Waals surface area contributed by atoms with E-state index in [-0.39, 0.29) is 17.8 Å². The molecule has 1 aromatic carbocycles. The summed E-state index contributed by atoms with van der Waals surface area (Å²) in [4.78, 5) is 15.0. The van der Waals surface area contributed by atoms with Crippen LogP contribution in [0.25, 0.3) is 10.9 Å². The maximum Gasteiger partial charge on any atom is 0.237 e. The highest BCUT2D eigenvalue weighted by atomic mass is 19.1. The van der Waals surface area contributed by atoms with Crippen LogP contribution in [0.15, 0.2) is 24.4 Å². The van der Waals surface area contributed by atoms with E-state index in [1.54, 1.807) is 6.07 Å². The number of carbonyl (C=O) groups excluding carboxylic acids is 1. The number of fused-ring (bicyclic) bond motifs is 1. The Balaban J connectivity index is 1.59. The second-order valence-corrected chi connectivity index (χ2v) is 5.19. The lowest BCUT2D eigenvalue weighted by Crippen LogP contribution is -2.41. The Hall–Kier alpha value is -1.88. The third kappa shape index (κ3) is 2.67. The van der Waals surface area contributed by atoms with Gasteiger partial charge in [-0.15, -0.1) is 0 Å². The van der Waals surface area contributed by atoms with Gasteiger partial charge >= 0.3 is 0 Å². The van der Waals surface area contributed by atoms with Crippen molar-refractivity contribution in [1.82, 2.24) is 15.6 Å². The quantitative estimate of drug-likeness (QED) is 0.795. The molecule has 0 unspecified atom stereocenters. The zero-order chi connectivity index (χ0) is 13.9. The zero-order valence-corrected chi connectivity index (χ0v) is 11.2. The molecule has 4 nitrogen and oxygen atoms in total. The number of halogens is 1. The van der Waals surface area contributed by atoms with Crippen LogP contribution in [0.5, 0.6) is 0 Å². The molecule has 1 amide bonds. The first-order chi connectivity index (χ1) is 9.74. The van der Waals surface area contributed by atoms with Gasteiger partial charge in [0.25, 0.3) is 0 Å². The molecule has 1 aliphatic heterocycles. The fourth-order valence-corrected chi connectivity index (χ4v) is 2.71. The minimum Gasteiger partial charge on any atom is -0.361 e. The van der Waals surface area contributed by atoms with E-state index in [1.807, 2.05) is 6.20 Å². The van der Waals surface area contributed by atoms with Gasteiger partial charge in [0.2, 0.25) is 5.91 Å². The summed E-state index contributed by atoms with van der Waals surface area (Å²) >= 11 is 0. The standard InChI is InChI=1S/C15H18FN3O/c16-11-3-4-13-12(8-11)10(9-19-13)5-7-18-15(20)14-2-1-6-17-14/h3-4,8-9,14,17,19H,1-2,5-7H2,(H,18,20)/t14-/m0/s1. The predicted octanol–water partition coefficient (Wildman–Crippen LogP) is 1.72. The number of benzene rings is 1. The van der Waals surface area contributed by atoms with Crippen molar-refractivity contribution in [2.75, 3.05) is 13.1 Å². The second kappa shape index (κ2) is 5.63. The molecule has 1 saturated heterocycles. The molecule has 0 aliphatic carbocycles. The normalized spacial score (nSPS) is 18.6. The molecule has 3 rings (SSSR count). The van der Waals surface area contributed by atoms with E-state index in [0.717, 1.165) is 35.9 Å². The highest BCUT2D eigenvalue weighted by molar-refractivity contribution is 5.84. The van der Waals surface area contributed by atoms with Gasteiger partial charge in [-0.3, -0.25) is 4.79 Å². The number of aromatic nitrogens is 1. The predicted molar refractivity (Wildman–Crippen MR) is 76.0 cm³/mol. The van der Waals surface area contributed by atoms with Crippen LogP contribution in [0.1, 0.15) is 18.4 Å². The van der Waals surface area contributed by atoms with Crippen LogP contribution in [-0.2, 0) is 11.2 Å². The molecule has 1 aliphatic rings. The molecule has 0 spiro atoms. The van der Waals surface area contributed by atoms with Crippen LogP contribution in [-0.4, -0.2) is 30.0 Å². The molecule has 3 N–H and O–H groups in total. The van der Waals surface area contributed by atoms with Gasteiger partial charge in [0.1, 0.15) is 5.82 Å². The lowest BCUT2D eigenvalue weighted by molar-refractivity contribution is -0.122. The summed E-state index contributed by atoms with van der Waals surface area (Å²) in [6.45, 7) is 1.49. The summed E-state index contributed by atoms with van der Waals surface area (Å²) in [5.41, 5.74) is 1.95. The Bertz CT molecular complexity index is 617. The molecule has 2 heterocycles. The van der Waals surface area contributed by atoms with Crippen LogP contribution >= 0.6 is 0 Å². The van der Waals surface area contributed by atoms with Gasteiger partial charge in [0, 0.05) is 23.6 Å². The number of amides is 1. The molecule has 0 bridgehead atoms. The Labute approximate surface area is 116 Å². The van der Waals surface area contributed by atoms with E-state index in [4.69, 9.17) is 0 Å². The van der Waals surface area contributed by atoms with Crippen LogP contribution in [0, 0.1) is 5.82 Å². The van der Waals surface area contributed by atoms with Crippen molar-refractivity contribution < 1.29 is 9.18 Å². The van der Waals surface area contributed by atoms with Crippen LogP contribution in [0.4, 0.5) is 4.39 Å². The fourth-order valence-electron chi connectivity index (χ4n) is 2.71. The second-order valence-electron chi connectivity index (χ2n) is 5.19. The smallest absolute Gasteiger partial charge is 0.237 e. The average molecular weight is 275 g/mol. The minimum atomic E-state index is -0.238. The van der Waals surface area contributed by atoms with Crippen molar-refractivity contribution in [2.24, 2.45) is 0 Å². The van der Waals surface area contributed by atoms with E-state index in [2.05, 4.69) is 15.6 Å². The number of nitrogens with one attached hydrogen (secondary N) is 3. The first-order valence-electron chi connectivity index (χ1n) is 7.00. The highest BCUT2D eigenvalue weighted by Gasteiger charge is 2.21. The summed E-state index contributed by atoms with van der Waals surface area (Å²) in [5.74, 6) is -0.175. The van der Waals surface area contributed by atoms with E-state index < -0.39 is 0 Å². The molecule has 1 atom stereocenters. The number of aromatic amines is 1. The van der Waals surface area contributed by atoms with Crippen LogP contribution in [0.3, 0.4) is 0 Å². The monoisotopic (exact) mass is 275 g/mol. The van der Waals surface area contributed by atoms with Gasteiger partial charge in [-0.2, -0.15) is 0 Å². The third-order valence-electron chi connectivity index (χ3n) is 3.80. The van der Waals surface area contributed by atoms with Crippen LogP contribution in [0.2, 0.25) is 0 Å². The molecule has 0 saturated carbocycles. The third-order valence-corrected chi connectivity index (χ3v) is 3.80. The minimum absolute atomic E-state index is 0.0459. The van der Waals surface area contributed by atoms with Gasteiger partial charge in [-0.25, -0.2) is 4.39 Å². The summed E-state index contributed by atoms with van der Waals surface area (Å²) in [7, 11) is 0. The molecule has 106 valence electrons. The SMILES string of the molecule is O=C(NCCc1c[nH]c2ccc(F)cc12)[C@@H]1CCCN1. The average Bonchev–Trinajstić information content (AvgIpc) is 3.08. The van der Waals surface area contributed by atoms with E-state index >= 15 is 0 Å². The molecular formula is C15H18FN3O. The van der Waals surface area contributed by atoms with Crippen molar-refractivity contribution in [3.05, 3.63) is 35.8 Å². The van der Waals surface area contributed by atoms with E-state index in [1.165, 1.54) is 12.1 Å². The Morgan fingerprint density at radius 3 is 3.15 bits per heavy atom. The lowest BCUT2D eigenvalue weighted by Gasteiger charge is -2.10. The fraction of sp³-hybridized carbons (Fsp3) is 0.400. The maximum atomic E-state index is 13.3. The zero-order valence-electron chi connectivity index (χ0n) is 11.2. The summed E-state index contributed by atoms with van der Waals surface area (Å²) in [6.07, 6.45) is 4.54. The van der Waals surface area contributed by atoms with Crippen LogP contribution < -0.4 is 10.6 Å². The van der Waals surface area contributed by atoms with E-state index in [0.29, 0.717) is 13.0 Å². The molecule has 2 aromatic rings. The number of hydrogen-bond donors (Lipinski definition) is 3. The van der Waals surface area contributed by atoms with Crippen molar-refractivity contribution in [3.8, 4) is 0 Å². The molecule has 1 fully saturated rings. The van der Waals surface area contributed by atoms with Gasteiger partial charge in [-0.05, 0) is 49.6 Å². The van der Waals surface area contributed by atoms with Crippen molar-refractivity contribution in [3.63, 3.8) is 0 Å². The van der Waals surface area contributed by atoms with Crippen molar-refractivity contribution >= 4 is 16.8 Å². The number of rotatable bonds is 4. The Morgan fingerprint density at radius 1 is 1.45 bits per heavy atom. The topological polar surface area (TPSA) is 56.9 Å². The Kier molecular flexibility index (Phi) is 3.69. The largest absolute Gasteiger partial charge is 0.361 e. The summed E-state index contributed by atoms with van der Waals surface area (Å²) < 4.78 is 13.3. The maximum absolute atomic E-state index is 13.3. The van der Waals surface area contributed by atoms with E-state index in [9.17, 15) is 9.18 Å². The lowest BCUT2D eigenvalue weighted by atomic mass is 10.1. The van der Waals surface area contributed by atoms with Gasteiger partial charge in [-0.1, -0.05) is 0 Å². The number of hydrogen-bond acceptors (Lipinski definition) is 2. The molecule has 20 heavy (non-hydrogen) atoms. The van der Waals surface area contributed by atoms with Gasteiger partial charge in [0.15, 0.2) is 0 Å². The highest BCUT2D eigenvalue weighted by Crippen LogP contribution is 2.19. The first kappa shape index (κ1) is 13.1.